The molecule has 0 bridgehead atoms. The number of benzene rings is 2. The van der Waals surface area contributed by atoms with Crippen LogP contribution in [-0.2, 0) is 4.79 Å². The third-order valence-corrected chi connectivity index (χ3v) is 6.07. The summed E-state index contributed by atoms with van der Waals surface area (Å²) in [4.78, 5) is 17.8. The molecule has 1 amide bonds. The number of nitrogens with one attached hydrogen (secondary N) is 1. The molecule has 1 atom stereocenters. The second-order valence-corrected chi connectivity index (χ2v) is 8.32. The highest BCUT2D eigenvalue weighted by molar-refractivity contribution is 5.91. The number of aromatic nitrogens is 2. The van der Waals surface area contributed by atoms with Crippen LogP contribution in [0.3, 0.4) is 0 Å². The summed E-state index contributed by atoms with van der Waals surface area (Å²) in [6.45, 7) is 6.12. The minimum atomic E-state index is -0.252. The van der Waals surface area contributed by atoms with Crippen molar-refractivity contribution in [3.8, 4) is 11.5 Å². The first-order valence-corrected chi connectivity index (χ1v) is 10.9. The summed E-state index contributed by atoms with van der Waals surface area (Å²) in [6.07, 6.45) is 4.07. The Hall–Kier alpha value is -3.80. The molecule has 2 aromatic carbocycles. The topological polar surface area (TPSA) is 64.9 Å². The largest absolute Gasteiger partial charge is 0.497 e. The molecule has 6 nitrogen and oxygen atoms in total. The standard InChI is InChI=1S/C27H29N3O3/c1-17-8-9-21(11-19(17)3)29-26(31)15-24(20-12-22(32-4)14-23(13-20)33-5)25-16-28-27-18(2)7-6-10-30(25)27/h6-14,16,24H,15H2,1-5H3,(H,29,31). The van der Waals surface area contributed by atoms with Crippen molar-refractivity contribution in [2.75, 3.05) is 19.5 Å². The Labute approximate surface area is 194 Å². The lowest BCUT2D eigenvalue weighted by Gasteiger charge is -2.19. The van der Waals surface area contributed by atoms with Crippen LogP contribution in [0.2, 0.25) is 0 Å². The Balaban J connectivity index is 1.75. The fourth-order valence-electron chi connectivity index (χ4n) is 4.07. The van der Waals surface area contributed by atoms with Crippen LogP contribution in [0.5, 0.6) is 11.5 Å². The van der Waals surface area contributed by atoms with Gasteiger partial charge in [0.1, 0.15) is 17.1 Å². The van der Waals surface area contributed by atoms with E-state index < -0.39 is 0 Å². The van der Waals surface area contributed by atoms with Crippen LogP contribution in [0.15, 0.2) is 60.9 Å². The lowest BCUT2D eigenvalue weighted by molar-refractivity contribution is -0.116. The average molecular weight is 444 g/mol. The van der Waals surface area contributed by atoms with E-state index >= 15 is 0 Å². The van der Waals surface area contributed by atoms with Crippen molar-refractivity contribution in [3.63, 3.8) is 0 Å². The van der Waals surface area contributed by atoms with Crippen LogP contribution in [0.25, 0.3) is 5.65 Å². The molecule has 0 aliphatic rings. The predicted octanol–water partition coefficient (Wildman–Crippen LogP) is 5.44. The molecule has 1 unspecified atom stereocenters. The van der Waals surface area contributed by atoms with Gasteiger partial charge < -0.3 is 19.2 Å². The lowest BCUT2D eigenvalue weighted by Crippen LogP contribution is -2.18. The Morgan fingerprint density at radius 1 is 0.970 bits per heavy atom. The van der Waals surface area contributed by atoms with Gasteiger partial charge in [0.05, 0.1) is 19.9 Å². The molecule has 6 heteroatoms. The summed E-state index contributed by atoms with van der Waals surface area (Å²) >= 11 is 0. The quantitative estimate of drug-likeness (QED) is 0.413. The number of pyridine rings is 1. The van der Waals surface area contributed by atoms with Crippen molar-refractivity contribution >= 4 is 17.2 Å². The summed E-state index contributed by atoms with van der Waals surface area (Å²) in [6, 6.07) is 15.7. The van der Waals surface area contributed by atoms with Crippen molar-refractivity contribution < 1.29 is 14.3 Å². The molecule has 2 heterocycles. The Bertz CT molecular complexity index is 1290. The smallest absolute Gasteiger partial charge is 0.225 e. The molecular formula is C27H29N3O3. The van der Waals surface area contributed by atoms with Crippen LogP contribution in [0.4, 0.5) is 5.69 Å². The molecular weight excluding hydrogens is 414 g/mol. The average Bonchev–Trinajstić information content (AvgIpc) is 3.24. The molecule has 1 N–H and O–H groups in total. The summed E-state index contributed by atoms with van der Waals surface area (Å²) < 4.78 is 13.0. The highest BCUT2D eigenvalue weighted by Crippen LogP contribution is 2.34. The third-order valence-electron chi connectivity index (χ3n) is 6.07. The maximum absolute atomic E-state index is 13.2. The minimum Gasteiger partial charge on any atom is -0.497 e. The molecule has 4 rings (SSSR count). The Morgan fingerprint density at radius 3 is 2.36 bits per heavy atom. The maximum Gasteiger partial charge on any atom is 0.225 e. The SMILES string of the molecule is COc1cc(OC)cc(C(CC(=O)Nc2ccc(C)c(C)c2)c2cnc3c(C)cccn23)c1. The first kappa shape index (κ1) is 22.4. The number of fused-ring (bicyclic) bond motifs is 1. The van der Waals surface area contributed by atoms with E-state index in [1.807, 2.05) is 74.8 Å². The van der Waals surface area contributed by atoms with Crippen molar-refractivity contribution in [2.24, 2.45) is 0 Å². The van der Waals surface area contributed by atoms with E-state index in [1.54, 1.807) is 14.2 Å². The van der Waals surface area contributed by atoms with Crippen molar-refractivity contribution in [1.82, 2.24) is 9.38 Å². The molecule has 0 aliphatic heterocycles. The van der Waals surface area contributed by atoms with Crippen LogP contribution < -0.4 is 14.8 Å². The molecule has 4 aromatic rings. The molecule has 0 saturated carbocycles. The number of nitrogens with zero attached hydrogens (tertiary/aromatic N) is 2. The van der Waals surface area contributed by atoms with Gasteiger partial charge in [-0.1, -0.05) is 12.1 Å². The third kappa shape index (κ3) is 4.70. The van der Waals surface area contributed by atoms with Gasteiger partial charge in [0.2, 0.25) is 5.91 Å². The van der Waals surface area contributed by atoms with Gasteiger partial charge in [0, 0.05) is 36.5 Å². The number of hydrogen-bond acceptors (Lipinski definition) is 4. The van der Waals surface area contributed by atoms with E-state index in [2.05, 4.69) is 21.6 Å². The molecule has 2 aromatic heterocycles. The fourth-order valence-corrected chi connectivity index (χ4v) is 4.07. The van der Waals surface area contributed by atoms with Crippen LogP contribution in [0.1, 0.15) is 40.3 Å². The van der Waals surface area contributed by atoms with E-state index in [-0.39, 0.29) is 18.2 Å². The van der Waals surface area contributed by atoms with Gasteiger partial charge in [-0.05, 0) is 73.4 Å². The fraction of sp³-hybridized carbons (Fsp3) is 0.259. The first-order valence-electron chi connectivity index (χ1n) is 10.9. The van der Waals surface area contributed by atoms with Crippen molar-refractivity contribution in [3.05, 3.63) is 88.9 Å². The van der Waals surface area contributed by atoms with E-state index in [9.17, 15) is 4.79 Å². The number of amides is 1. The maximum atomic E-state index is 13.2. The minimum absolute atomic E-state index is 0.0763. The van der Waals surface area contributed by atoms with Crippen LogP contribution in [0, 0.1) is 20.8 Å². The van der Waals surface area contributed by atoms with Crippen molar-refractivity contribution in [2.45, 2.75) is 33.1 Å². The van der Waals surface area contributed by atoms with E-state index in [0.29, 0.717) is 11.5 Å². The summed E-state index contributed by atoms with van der Waals surface area (Å²) in [5, 5.41) is 3.06. The summed E-state index contributed by atoms with van der Waals surface area (Å²) in [5.74, 6) is 1.02. The molecule has 33 heavy (non-hydrogen) atoms. The Kier molecular flexibility index (Phi) is 6.36. The molecule has 0 radical (unpaired) electrons. The second-order valence-electron chi connectivity index (χ2n) is 8.32. The zero-order valence-electron chi connectivity index (χ0n) is 19.7. The molecule has 0 fully saturated rings. The Morgan fingerprint density at radius 2 is 1.70 bits per heavy atom. The number of hydrogen-bond donors (Lipinski definition) is 1. The number of anilines is 1. The number of ether oxygens (including phenoxy) is 2. The van der Waals surface area contributed by atoms with Gasteiger partial charge in [0.15, 0.2) is 0 Å². The second kappa shape index (κ2) is 9.36. The summed E-state index contributed by atoms with van der Waals surface area (Å²) in [5.41, 5.74) is 6.92. The number of imidazole rings is 1. The zero-order valence-corrected chi connectivity index (χ0v) is 19.7. The van der Waals surface area contributed by atoms with Crippen LogP contribution in [-0.4, -0.2) is 29.5 Å². The lowest BCUT2D eigenvalue weighted by atomic mass is 9.91. The number of methoxy groups -OCH3 is 2. The van der Waals surface area contributed by atoms with Gasteiger partial charge in [-0.2, -0.15) is 0 Å². The number of carbonyl (C=O) groups is 1. The highest BCUT2D eigenvalue weighted by atomic mass is 16.5. The van der Waals surface area contributed by atoms with Crippen molar-refractivity contribution in [1.29, 1.82) is 0 Å². The summed E-state index contributed by atoms with van der Waals surface area (Å²) in [7, 11) is 3.25. The molecule has 0 saturated heterocycles. The molecule has 0 aliphatic carbocycles. The highest BCUT2D eigenvalue weighted by Gasteiger charge is 2.24. The normalized spacial score (nSPS) is 11.9. The van der Waals surface area contributed by atoms with Gasteiger partial charge in [-0.25, -0.2) is 4.98 Å². The van der Waals surface area contributed by atoms with E-state index in [0.717, 1.165) is 33.7 Å². The van der Waals surface area contributed by atoms with Gasteiger partial charge in [-0.15, -0.1) is 0 Å². The predicted molar refractivity (Wildman–Crippen MR) is 130 cm³/mol. The monoisotopic (exact) mass is 443 g/mol. The van der Waals surface area contributed by atoms with Gasteiger partial charge >= 0.3 is 0 Å². The van der Waals surface area contributed by atoms with Gasteiger partial charge in [0.25, 0.3) is 0 Å². The van der Waals surface area contributed by atoms with Gasteiger partial charge in [-0.3, -0.25) is 4.79 Å². The molecule has 0 spiro atoms. The molecule has 170 valence electrons. The number of rotatable bonds is 7. The van der Waals surface area contributed by atoms with E-state index in [1.165, 1.54) is 5.56 Å². The number of carbonyl (C=O) groups excluding carboxylic acids is 1. The first-order chi connectivity index (χ1) is 15.9. The number of aryl methyl sites for hydroxylation is 3. The van der Waals surface area contributed by atoms with E-state index in [4.69, 9.17) is 9.47 Å². The van der Waals surface area contributed by atoms with Crippen LogP contribution >= 0.6 is 0 Å². The zero-order chi connectivity index (χ0) is 23.5.